The molecule has 6 heteroatoms. The van der Waals surface area contributed by atoms with Crippen molar-refractivity contribution in [3.05, 3.63) is 29.8 Å². The maximum atomic E-state index is 13.0. The molecule has 0 radical (unpaired) electrons. The number of hydrogen-bond acceptors (Lipinski definition) is 5. The number of methoxy groups -OCH3 is 1. The van der Waals surface area contributed by atoms with Gasteiger partial charge in [-0.05, 0) is 24.1 Å². The zero-order valence-corrected chi connectivity index (χ0v) is 11.1. The van der Waals surface area contributed by atoms with Gasteiger partial charge in [0.05, 0.1) is 5.56 Å². The molecule has 0 saturated heterocycles. The van der Waals surface area contributed by atoms with Crippen molar-refractivity contribution in [2.24, 2.45) is 5.92 Å². The molecule has 0 saturated carbocycles. The van der Waals surface area contributed by atoms with E-state index < -0.39 is 5.82 Å². The molecule has 1 unspecified atom stereocenters. The summed E-state index contributed by atoms with van der Waals surface area (Å²) in [6.45, 7) is 3.99. The fourth-order valence-electron chi connectivity index (χ4n) is 1.86. The van der Waals surface area contributed by atoms with E-state index in [0.717, 1.165) is 0 Å². The van der Waals surface area contributed by atoms with E-state index in [4.69, 9.17) is 15.0 Å². The molecule has 0 amide bonds. The van der Waals surface area contributed by atoms with E-state index in [1.165, 1.54) is 18.2 Å². The first-order valence-electron chi connectivity index (χ1n) is 5.94. The van der Waals surface area contributed by atoms with Gasteiger partial charge in [0.15, 0.2) is 0 Å². The van der Waals surface area contributed by atoms with Crippen molar-refractivity contribution in [2.75, 3.05) is 12.8 Å². The number of hydrogen-bond donors (Lipinski definition) is 1. The standard InChI is InChI=1S/C13H16FN3O2/c1-7(2)11(18-3)12-16-13(19-17-12)9-5-4-8(14)6-10(9)15/h4-7,11H,15H2,1-3H3. The molecule has 0 aliphatic rings. The Morgan fingerprint density at radius 2 is 2.11 bits per heavy atom. The lowest BCUT2D eigenvalue weighted by molar-refractivity contribution is 0.0556. The summed E-state index contributed by atoms with van der Waals surface area (Å²) in [5.74, 6) is 0.519. The van der Waals surface area contributed by atoms with Gasteiger partial charge in [-0.2, -0.15) is 4.98 Å². The molecule has 1 heterocycles. The number of nitrogens with two attached hydrogens (primary N) is 1. The fraction of sp³-hybridized carbons (Fsp3) is 0.385. The van der Waals surface area contributed by atoms with E-state index in [1.54, 1.807) is 7.11 Å². The van der Waals surface area contributed by atoms with Crippen LogP contribution >= 0.6 is 0 Å². The van der Waals surface area contributed by atoms with Crippen molar-refractivity contribution in [2.45, 2.75) is 20.0 Å². The lowest BCUT2D eigenvalue weighted by Crippen LogP contribution is -2.10. The van der Waals surface area contributed by atoms with E-state index in [-0.39, 0.29) is 23.6 Å². The molecule has 1 atom stereocenters. The molecular weight excluding hydrogens is 249 g/mol. The van der Waals surface area contributed by atoms with E-state index >= 15 is 0 Å². The molecule has 2 N–H and O–H groups in total. The minimum absolute atomic E-state index is 0.209. The predicted molar refractivity (Wildman–Crippen MR) is 68.7 cm³/mol. The normalized spacial score (nSPS) is 12.9. The van der Waals surface area contributed by atoms with Crippen LogP contribution in [-0.4, -0.2) is 17.3 Å². The number of anilines is 1. The average molecular weight is 265 g/mol. The van der Waals surface area contributed by atoms with Gasteiger partial charge in [0.2, 0.25) is 5.82 Å². The summed E-state index contributed by atoms with van der Waals surface area (Å²) < 4.78 is 23.5. The minimum Gasteiger partial charge on any atom is -0.398 e. The van der Waals surface area contributed by atoms with Gasteiger partial charge in [0.1, 0.15) is 11.9 Å². The van der Waals surface area contributed by atoms with E-state index in [2.05, 4.69) is 10.1 Å². The molecule has 0 fully saturated rings. The summed E-state index contributed by atoms with van der Waals surface area (Å²) in [5, 5.41) is 3.89. The molecule has 0 aliphatic heterocycles. The molecule has 2 rings (SSSR count). The Hall–Kier alpha value is -1.95. The summed E-state index contributed by atoms with van der Waals surface area (Å²) in [4.78, 5) is 4.26. The van der Waals surface area contributed by atoms with E-state index in [9.17, 15) is 4.39 Å². The number of nitrogen functional groups attached to an aromatic ring is 1. The highest BCUT2D eigenvalue weighted by Crippen LogP contribution is 2.28. The lowest BCUT2D eigenvalue weighted by Gasteiger charge is -2.14. The molecule has 0 spiro atoms. The van der Waals surface area contributed by atoms with Gasteiger partial charge >= 0.3 is 0 Å². The van der Waals surface area contributed by atoms with Crippen LogP contribution in [0.15, 0.2) is 22.7 Å². The first kappa shape index (κ1) is 13.5. The molecule has 0 aliphatic carbocycles. The number of rotatable bonds is 4. The number of aromatic nitrogens is 2. The van der Waals surface area contributed by atoms with Crippen LogP contribution in [0.2, 0.25) is 0 Å². The second kappa shape index (κ2) is 5.36. The third-order valence-electron chi connectivity index (χ3n) is 2.80. The van der Waals surface area contributed by atoms with Gasteiger partial charge in [-0.25, -0.2) is 4.39 Å². The van der Waals surface area contributed by atoms with Crippen LogP contribution in [-0.2, 0) is 4.74 Å². The highest BCUT2D eigenvalue weighted by molar-refractivity contribution is 5.70. The average Bonchev–Trinajstić information content (AvgIpc) is 2.78. The van der Waals surface area contributed by atoms with Crippen LogP contribution in [0.1, 0.15) is 25.8 Å². The fourth-order valence-corrected chi connectivity index (χ4v) is 1.86. The zero-order chi connectivity index (χ0) is 14.0. The van der Waals surface area contributed by atoms with Gasteiger partial charge in [-0.3, -0.25) is 0 Å². The second-order valence-corrected chi connectivity index (χ2v) is 4.59. The summed E-state index contributed by atoms with van der Waals surface area (Å²) in [6, 6.07) is 4.03. The first-order valence-corrected chi connectivity index (χ1v) is 5.94. The quantitative estimate of drug-likeness (QED) is 0.860. The summed E-state index contributed by atoms with van der Waals surface area (Å²) in [5.41, 5.74) is 6.50. The number of ether oxygens (including phenoxy) is 1. The van der Waals surface area contributed by atoms with E-state index in [1.807, 2.05) is 13.8 Å². The van der Waals surface area contributed by atoms with Crippen molar-refractivity contribution < 1.29 is 13.7 Å². The van der Waals surface area contributed by atoms with Crippen molar-refractivity contribution in [1.29, 1.82) is 0 Å². The summed E-state index contributed by atoms with van der Waals surface area (Å²) in [6.07, 6.45) is -0.251. The Morgan fingerprint density at radius 1 is 1.37 bits per heavy atom. The Labute approximate surface area is 110 Å². The monoisotopic (exact) mass is 265 g/mol. The lowest BCUT2D eigenvalue weighted by atomic mass is 10.1. The van der Waals surface area contributed by atoms with Crippen LogP contribution < -0.4 is 5.73 Å². The largest absolute Gasteiger partial charge is 0.398 e. The molecule has 1 aromatic heterocycles. The molecule has 19 heavy (non-hydrogen) atoms. The number of nitrogens with zero attached hydrogens (tertiary/aromatic N) is 2. The van der Waals surface area contributed by atoms with Gasteiger partial charge in [0, 0.05) is 12.8 Å². The number of benzene rings is 1. The molecule has 102 valence electrons. The van der Waals surface area contributed by atoms with Crippen LogP contribution in [0, 0.1) is 11.7 Å². The van der Waals surface area contributed by atoms with Gasteiger partial charge in [0.25, 0.3) is 5.89 Å². The third kappa shape index (κ3) is 2.73. The maximum absolute atomic E-state index is 13.0. The number of halogens is 1. The maximum Gasteiger partial charge on any atom is 0.260 e. The smallest absolute Gasteiger partial charge is 0.260 e. The predicted octanol–water partition coefficient (Wildman–Crippen LogP) is 2.80. The Balaban J connectivity index is 2.35. The third-order valence-corrected chi connectivity index (χ3v) is 2.80. The van der Waals surface area contributed by atoms with Gasteiger partial charge < -0.3 is 15.0 Å². The van der Waals surface area contributed by atoms with Gasteiger partial charge in [-0.1, -0.05) is 19.0 Å². The Bertz CT molecular complexity index is 569. The van der Waals surface area contributed by atoms with Crippen molar-refractivity contribution >= 4 is 5.69 Å². The summed E-state index contributed by atoms with van der Waals surface area (Å²) in [7, 11) is 1.59. The molecule has 1 aromatic carbocycles. The van der Waals surface area contributed by atoms with Crippen LogP contribution in [0.4, 0.5) is 10.1 Å². The van der Waals surface area contributed by atoms with Crippen molar-refractivity contribution in [3.8, 4) is 11.5 Å². The first-order chi connectivity index (χ1) is 9.02. The molecule has 5 nitrogen and oxygen atoms in total. The Morgan fingerprint density at radius 3 is 2.68 bits per heavy atom. The zero-order valence-electron chi connectivity index (χ0n) is 11.1. The van der Waals surface area contributed by atoms with Crippen LogP contribution in [0.5, 0.6) is 0 Å². The topological polar surface area (TPSA) is 74.2 Å². The van der Waals surface area contributed by atoms with Crippen LogP contribution in [0.3, 0.4) is 0 Å². The van der Waals surface area contributed by atoms with Crippen LogP contribution in [0.25, 0.3) is 11.5 Å². The van der Waals surface area contributed by atoms with E-state index in [0.29, 0.717) is 11.4 Å². The molecule has 2 aromatic rings. The highest BCUT2D eigenvalue weighted by Gasteiger charge is 2.22. The second-order valence-electron chi connectivity index (χ2n) is 4.59. The summed E-state index contributed by atoms with van der Waals surface area (Å²) >= 11 is 0. The SMILES string of the molecule is COC(c1noc(-c2ccc(F)cc2N)n1)C(C)C. The van der Waals surface area contributed by atoms with Crippen molar-refractivity contribution in [3.63, 3.8) is 0 Å². The Kier molecular flexibility index (Phi) is 3.80. The highest BCUT2D eigenvalue weighted by atomic mass is 19.1. The minimum atomic E-state index is -0.405. The van der Waals surface area contributed by atoms with Gasteiger partial charge in [-0.15, -0.1) is 0 Å². The molecular formula is C13H16FN3O2. The molecule has 0 bridgehead atoms. The van der Waals surface area contributed by atoms with Crippen molar-refractivity contribution in [1.82, 2.24) is 10.1 Å².